The molecule has 0 radical (unpaired) electrons. The van der Waals surface area contributed by atoms with Crippen molar-refractivity contribution in [3.63, 3.8) is 0 Å². The van der Waals surface area contributed by atoms with Crippen molar-refractivity contribution in [3.05, 3.63) is 65.7 Å². The lowest BCUT2D eigenvalue weighted by Crippen LogP contribution is -2.41. The Morgan fingerprint density at radius 3 is 2.36 bits per heavy atom. The predicted molar refractivity (Wildman–Crippen MR) is 91.7 cm³/mol. The van der Waals surface area contributed by atoms with E-state index in [4.69, 9.17) is 0 Å². The van der Waals surface area contributed by atoms with Crippen molar-refractivity contribution in [1.82, 2.24) is 5.32 Å². The third-order valence-electron chi connectivity index (χ3n) is 3.43. The van der Waals surface area contributed by atoms with Gasteiger partial charge in [0, 0.05) is 6.54 Å². The first-order valence-corrected chi connectivity index (χ1v) is 9.35. The molecule has 0 aromatic heterocycles. The summed E-state index contributed by atoms with van der Waals surface area (Å²) >= 11 is 0. The first-order chi connectivity index (χ1) is 11.8. The van der Waals surface area contributed by atoms with E-state index in [0.717, 1.165) is 22.2 Å². The highest BCUT2D eigenvalue weighted by atomic mass is 32.2. The number of carbonyl (C=O) groups excluding carboxylic acids is 1. The van der Waals surface area contributed by atoms with Crippen molar-refractivity contribution >= 4 is 21.6 Å². The van der Waals surface area contributed by atoms with Gasteiger partial charge in [-0.3, -0.25) is 9.10 Å². The van der Waals surface area contributed by atoms with Gasteiger partial charge in [-0.1, -0.05) is 18.2 Å². The Kier molecular flexibility index (Phi) is 6.08. The third kappa shape index (κ3) is 5.82. The Bertz CT molecular complexity index is 839. The number of nitrogens with one attached hydrogen (secondary N) is 1. The third-order valence-corrected chi connectivity index (χ3v) is 4.57. The summed E-state index contributed by atoms with van der Waals surface area (Å²) in [4.78, 5) is 12.0. The molecule has 5 nitrogen and oxygen atoms in total. The fourth-order valence-electron chi connectivity index (χ4n) is 2.21. The van der Waals surface area contributed by atoms with E-state index >= 15 is 0 Å². The highest BCUT2D eigenvalue weighted by Crippen LogP contribution is 2.18. The van der Waals surface area contributed by atoms with Crippen LogP contribution in [-0.4, -0.2) is 33.7 Å². The van der Waals surface area contributed by atoms with Crippen LogP contribution in [0.25, 0.3) is 0 Å². The zero-order valence-corrected chi connectivity index (χ0v) is 14.4. The van der Waals surface area contributed by atoms with Gasteiger partial charge in [0.25, 0.3) is 0 Å². The van der Waals surface area contributed by atoms with E-state index in [2.05, 4.69) is 5.32 Å². The van der Waals surface area contributed by atoms with E-state index < -0.39 is 28.3 Å². The van der Waals surface area contributed by atoms with Crippen LogP contribution in [0.3, 0.4) is 0 Å². The molecule has 0 saturated carbocycles. The average Bonchev–Trinajstić information content (AvgIpc) is 2.53. The minimum atomic E-state index is -3.75. The first kappa shape index (κ1) is 18.9. The van der Waals surface area contributed by atoms with Gasteiger partial charge in [-0.2, -0.15) is 0 Å². The quantitative estimate of drug-likeness (QED) is 0.814. The molecule has 0 fully saturated rings. The SMILES string of the molecule is CS(=O)(=O)N(CC(=O)NCCc1ccc(F)cc1)c1cccc(F)c1. The summed E-state index contributed by atoms with van der Waals surface area (Å²) in [6, 6.07) is 10.9. The number of hydrogen-bond donors (Lipinski definition) is 1. The van der Waals surface area contributed by atoms with Gasteiger partial charge >= 0.3 is 0 Å². The summed E-state index contributed by atoms with van der Waals surface area (Å²) in [6.45, 7) is -0.184. The number of halogens is 2. The van der Waals surface area contributed by atoms with E-state index in [0.29, 0.717) is 6.42 Å². The smallest absolute Gasteiger partial charge is 0.240 e. The molecule has 0 unspecified atom stereocenters. The standard InChI is InChI=1S/C17H18F2N2O3S/c1-25(23,24)21(16-4-2-3-15(19)11-16)12-17(22)20-10-9-13-5-7-14(18)8-6-13/h2-8,11H,9-10,12H2,1H3,(H,20,22). The topological polar surface area (TPSA) is 66.5 Å². The minimum Gasteiger partial charge on any atom is -0.354 e. The molecule has 0 spiro atoms. The van der Waals surface area contributed by atoms with E-state index in [1.165, 1.54) is 30.3 Å². The van der Waals surface area contributed by atoms with Crippen LogP contribution >= 0.6 is 0 Å². The van der Waals surface area contributed by atoms with Gasteiger partial charge in [0.1, 0.15) is 18.2 Å². The normalized spacial score (nSPS) is 11.2. The van der Waals surface area contributed by atoms with Gasteiger partial charge < -0.3 is 5.32 Å². The summed E-state index contributed by atoms with van der Waals surface area (Å²) in [7, 11) is -3.75. The lowest BCUT2D eigenvalue weighted by atomic mass is 10.1. The highest BCUT2D eigenvalue weighted by molar-refractivity contribution is 7.92. The number of anilines is 1. The Balaban J connectivity index is 1.97. The molecule has 1 amide bonds. The van der Waals surface area contributed by atoms with E-state index in [1.807, 2.05) is 0 Å². The monoisotopic (exact) mass is 368 g/mol. The van der Waals surface area contributed by atoms with Gasteiger partial charge in [-0.25, -0.2) is 17.2 Å². The maximum absolute atomic E-state index is 13.3. The fraction of sp³-hybridized carbons (Fsp3) is 0.235. The zero-order chi connectivity index (χ0) is 18.4. The number of sulfonamides is 1. The van der Waals surface area contributed by atoms with Crippen molar-refractivity contribution in [3.8, 4) is 0 Å². The molecule has 2 rings (SSSR count). The number of amides is 1. The van der Waals surface area contributed by atoms with Crippen LogP contribution in [0.2, 0.25) is 0 Å². The molecule has 2 aromatic rings. The summed E-state index contributed by atoms with van der Waals surface area (Å²) in [5, 5.41) is 2.60. The number of benzene rings is 2. The van der Waals surface area contributed by atoms with E-state index in [9.17, 15) is 22.0 Å². The van der Waals surface area contributed by atoms with Crippen molar-refractivity contribution in [2.45, 2.75) is 6.42 Å². The second-order valence-electron chi connectivity index (χ2n) is 5.48. The van der Waals surface area contributed by atoms with Gasteiger partial charge in [-0.05, 0) is 42.3 Å². The Morgan fingerprint density at radius 1 is 1.08 bits per heavy atom. The maximum atomic E-state index is 13.3. The molecule has 2 aromatic carbocycles. The van der Waals surface area contributed by atoms with E-state index in [1.54, 1.807) is 12.1 Å². The highest BCUT2D eigenvalue weighted by Gasteiger charge is 2.21. The summed E-state index contributed by atoms with van der Waals surface area (Å²) in [5.74, 6) is -1.45. The van der Waals surface area contributed by atoms with Crippen molar-refractivity contribution < 1.29 is 22.0 Å². The maximum Gasteiger partial charge on any atom is 0.240 e. The Hall–Kier alpha value is -2.48. The molecule has 0 aliphatic rings. The molecule has 1 N–H and O–H groups in total. The molecule has 0 bridgehead atoms. The molecule has 0 heterocycles. The second-order valence-corrected chi connectivity index (χ2v) is 7.38. The van der Waals surface area contributed by atoms with Gasteiger partial charge in [-0.15, -0.1) is 0 Å². The van der Waals surface area contributed by atoms with Crippen LogP contribution in [0, 0.1) is 11.6 Å². The molecule has 134 valence electrons. The Morgan fingerprint density at radius 2 is 1.76 bits per heavy atom. The first-order valence-electron chi connectivity index (χ1n) is 7.50. The van der Waals surface area contributed by atoms with Crippen molar-refractivity contribution in [2.75, 3.05) is 23.7 Å². The number of hydrogen-bond acceptors (Lipinski definition) is 3. The molecule has 0 aliphatic heterocycles. The number of carbonyl (C=O) groups is 1. The minimum absolute atomic E-state index is 0.0798. The summed E-state index contributed by atoms with van der Waals surface area (Å²) < 4.78 is 50.8. The lowest BCUT2D eigenvalue weighted by molar-refractivity contribution is -0.119. The summed E-state index contributed by atoms with van der Waals surface area (Å²) in [6.07, 6.45) is 1.43. The second kappa shape index (κ2) is 8.06. The van der Waals surface area contributed by atoms with Crippen LogP contribution in [-0.2, 0) is 21.2 Å². The van der Waals surface area contributed by atoms with Gasteiger partial charge in [0.15, 0.2) is 0 Å². The zero-order valence-electron chi connectivity index (χ0n) is 13.6. The van der Waals surface area contributed by atoms with Crippen LogP contribution in [0.4, 0.5) is 14.5 Å². The van der Waals surface area contributed by atoms with Crippen molar-refractivity contribution in [2.24, 2.45) is 0 Å². The van der Waals surface area contributed by atoms with E-state index in [-0.39, 0.29) is 18.0 Å². The largest absolute Gasteiger partial charge is 0.354 e. The molecule has 0 aliphatic carbocycles. The lowest BCUT2D eigenvalue weighted by Gasteiger charge is -2.21. The molecular weight excluding hydrogens is 350 g/mol. The molecule has 0 saturated heterocycles. The fourth-order valence-corrected chi connectivity index (χ4v) is 3.06. The molecular formula is C17H18F2N2O3S. The van der Waals surface area contributed by atoms with Crippen molar-refractivity contribution in [1.29, 1.82) is 0 Å². The van der Waals surface area contributed by atoms with Gasteiger partial charge in [0.2, 0.25) is 15.9 Å². The number of rotatable bonds is 7. The van der Waals surface area contributed by atoms with Crippen LogP contribution in [0.15, 0.2) is 48.5 Å². The number of nitrogens with zero attached hydrogens (tertiary/aromatic N) is 1. The summed E-state index contributed by atoms with van der Waals surface area (Å²) in [5.41, 5.74) is 0.919. The predicted octanol–water partition coefficient (Wildman–Crippen LogP) is 2.09. The average molecular weight is 368 g/mol. The molecule has 0 atom stereocenters. The Labute approximate surface area is 145 Å². The van der Waals surface area contributed by atoms with Crippen LogP contribution < -0.4 is 9.62 Å². The van der Waals surface area contributed by atoms with Crippen LogP contribution in [0.5, 0.6) is 0 Å². The molecule has 8 heteroatoms. The molecule has 25 heavy (non-hydrogen) atoms. The van der Waals surface area contributed by atoms with Crippen LogP contribution in [0.1, 0.15) is 5.56 Å². The van der Waals surface area contributed by atoms with Gasteiger partial charge in [0.05, 0.1) is 11.9 Å².